The maximum absolute atomic E-state index is 9.24. The topological polar surface area (TPSA) is 44.9 Å². The van der Waals surface area contributed by atoms with Crippen molar-refractivity contribution in [1.82, 2.24) is 9.78 Å². The molecule has 0 bridgehead atoms. The predicted molar refractivity (Wildman–Crippen MR) is 67.9 cm³/mol. The van der Waals surface area contributed by atoms with Crippen molar-refractivity contribution in [2.24, 2.45) is 12.5 Å². The van der Waals surface area contributed by atoms with Crippen LogP contribution in [0, 0.1) is 23.7 Å². The van der Waals surface area contributed by atoms with Gasteiger partial charge < -0.3 is 4.90 Å². The Hall–Kier alpha value is -1.50. The number of nitrogens with zero attached hydrogens (tertiary/aromatic N) is 4. The van der Waals surface area contributed by atoms with E-state index in [4.69, 9.17) is 0 Å². The van der Waals surface area contributed by atoms with Crippen LogP contribution in [0.2, 0.25) is 0 Å². The first-order valence-corrected chi connectivity index (χ1v) is 6.13. The number of hydrogen-bond donors (Lipinski definition) is 0. The minimum absolute atomic E-state index is 0.323. The first-order chi connectivity index (χ1) is 7.94. The fraction of sp³-hybridized carbons (Fsp3) is 0.692. The molecule has 4 heteroatoms. The zero-order chi connectivity index (χ0) is 12.6. The van der Waals surface area contributed by atoms with Crippen LogP contribution in [-0.2, 0) is 7.05 Å². The number of rotatable bonds is 1. The molecular weight excluding hydrogens is 212 g/mol. The highest BCUT2D eigenvalue weighted by Gasteiger charge is 2.29. The van der Waals surface area contributed by atoms with Crippen LogP contribution in [0.5, 0.6) is 0 Å². The number of anilines is 1. The number of hydrogen-bond acceptors (Lipinski definition) is 3. The lowest BCUT2D eigenvalue weighted by Crippen LogP contribution is -2.41. The summed E-state index contributed by atoms with van der Waals surface area (Å²) < 4.78 is 1.84. The lowest BCUT2D eigenvalue weighted by atomic mass is 9.84. The van der Waals surface area contributed by atoms with Gasteiger partial charge in [0.1, 0.15) is 17.5 Å². The summed E-state index contributed by atoms with van der Waals surface area (Å²) in [5.41, 5.74) is 1.88. The van der Waals surface area contributed by atoms with E-state index in [9.17, 15) is 5.26 Å². The third kappa shape index (κ3) is 2.14. The SMILES string of the molecule is Cc1nn(C)c(N2CCCC(C)(C)C2)c1C#N. The molecule has 0 atom stereocenters. The van der Waals surface area contributed by atoms with E-state index in [1.165, 1.54) is 12.8 Å². The van der Waals surface area contributed by atoms with Crippen molar-refractivity contribution in [3.05, 3.63) is 11.3 Å². The highest BCUT2D eigenvalue weighted by atomic mass is 15.4. The molecule has 92 valence electrons. The van der Waals surface area contributed by atoms with Crippen LogP contribution in [0.3, 0.4) is 0 Å². The van der Waals surface area contributed by atoms with Gasteiger partial charge in [0, 0.05) is 20.1 Å². The van der Waals surface area contributed by atoms with E-state index < -0.39 is 0 Å². The molecule has 1 aliphatic rings. The second-order valence-electron chi connectivity index (χ2n) is 5.71. The number of aromatic nitrogens is 2. The molecule has 0 aliphatic carbocycles. The van der Waals surface area contributed by atoms with E-state index in [0.717, 1.165) is 30.2 Å². The highest BCUT2D eigenvalue weighted by molar-refractivity contribution is 5.57. The summed E-state index contributed by atoms with van der Waals surface area (Å²) in [5, 5.41) is 13.6. The number of aryl methyl sites for hydroxylation is 2. The summed E-state index contributed by atoms with van der Waals surface area (Å²) in [4.78, 5) is 2.31. The van der Waals surface area contributed by atoms with Crippen molar-refractivity contribution in [3.63, 3.8) is 0 Å². The van der Waals surface area contributed by atoms with Gasteiger partial charge in [-0.2, -0.15) is 10.4 Å². The Morgan fingerprint density at radius 1 is 1.41 bits per heavy atom. The van der Waals surface area contributed by atoms with Gasteiger partial charge in [-0.25, -0.2) is 0 Å². The normalized spacial score (nSPS) is 19.1. The molecule has 0 aromatic carbocycles. The fourth-order valence-electron chi connectivity index (χ4n) is 2.74. The smallest absolute Gasteiger partial charge is 0.144 e. The highest BCUT2D eigenvalue weighted by Crippen LogP contribution is 2.33. The van der Waals surface area contributed by atoms with Crippen LogP contribution < -0.4 is 4.90 Å². The maximum Gasteiger partial charge on any atom is 0.144 e. The molecule has 1 aliphatic heterocycles. The second-order valence-corrected chi connectivity index (χ2v) is 5.71. The molecule has 1 fully saturated rings. The van der Waals surface area contributed by atoms with Crippen LogP contribution in [0.1, 0.15) is 37.9 Å². The Balaban J connectivity index is 2.37. The molecule has 0 radical (unpaired) electrons. The zero-order valence-electron chi connectivity index (χ0n) is 11.1. The lowest BCUT2D eigenvalue weighted by molar-refractivity contribution is 0.290. The van der Waals surface area contributed by atoms with Gasteiger partial charge in [-0.3, -0.25) is 4.68 Å². The Bertz CT molecular complexity index is 464. The molecule has 17 heavy (non-hydrogen) atoms. The van der Waals surface area contributed by atoms with Crippen LogP contribution in [0.4, 0.5) is 5.82 Å². The molecular formula is C13H20N4. The molecule has 1 aromatic rings. The number of nitriles is 1. The van der Waals surface area contributed by atoms with E-state index >= 15 is 0 Å². The van der Waals surface area contributed by atoms with Gasteiger partial charge in [0.15, 0.2) is 0 Å². The van der Waals surface area contributed by atoms with Crippen molar-refractivity contribution in [2.45, 2.75) is 33.6 Å². The lowest BCUT2D eigenvalue weighted by Gasteiger charge is -2.39. The monoisotopic (exact) mass is 232 g/mol. The average Bonchev–Trinajstić information content (AvgIpc) is 2.51. The predicted octanol–water partition coefficient (Wildman–Crippen LogP) is 2.23. The van der Waals surface area contributed by atoms with E-state index in [0.29, 0.717) is 5.41 Å². The third-order valence-electron chi connectivity index (χ3n) is 3.50. The Labute approximate surface area is 103 Å². The van der Waals surface area contributed by atoms with Gasteiger partial charge in [-0.1, -0.05) is 13.8 Å². The quantitative estimate of drug-likeness (QED) is 0.746. The van der Waals surface area contributed by atoms with Crippen LogP contribution in [-0.4, -0.2) is 22.9 Å². The summed E-state index contributed by atoms with van der Waals surface area (Å²) in [6, 6.07) is 2.28. The largest absolute Gasteiger partial charge is 0.355 e. The molecule has 1 aromatic heterocycles. The fourth-order valence-corrected chi connectivity index (χ4v) is 2.74. The van der Waals surface area contributed by atoms with E-state index in [1.54, 1.807) is 0 Å². The van der Waals surface area contributed by atoms with Crippen molar-refractivity contribution in [2.75, 3.05) is 18.0 Å². The van der Waals surface area contributed by atoms with Gasteiger partial charge in [-0.05, 0) is 25.2 Å². The van der Waals surface area contributed by atoms with Crippen molar-refractivity contribution in [1.29, 1.82) is 5.26 Å². The van der Waals surface area contributed by atoms with Crippen LogP contribution in [0.25, 0.3) is 0 Å². The third-order valence-corrected chi connectivity index (χ3v) is 3.50. The van der Waals surface area contributed by atoms with Crippen molar-refractivity contribution < 1.29 is 0 Å². The molecule has 2 rings (SSSR count). The van der Waals surface area contributed by atoms with Gasteiger partial charge in [0.2, 0.25) is 0 Å². The summed E-state index contributed by atoms with van der Waals surface area (Å²) >= 11 is 0. The number of piperidine rings is 1. The molecule has 0 spiro atoms. The van der Waals surface area contributed by atoms with Crippen molar-refractivity contribution >= 4 is 5.82 Å². The second kappa shape index (κ2) is 4.06. The molecule has 1 saturated heterocycles. The molecule has 0 N–H and O–H groups in total. The van der Waals surface area contributed by atoms with E-state index in [-0.39, 0.29) is 0 Å². The minimum Gasteiger partial charge on any atom is -0.355 e. The summed E-state index contributed by atoms with van der Waals surface area (Å²) in [5.74, 6) is 0.984. The molecule has 0 saturated carbocycles. The Kier molecular flexibility index (Phi) is 2.86. The molecule has 0 unspecified atom stereocenters. The van der Waals surface area contributed by atoms with Gasteiger partial charge >= 0.3 is 0 Å². The molecule has 0 amide bonds. The zero-order valence-corrected chi connectivity index (χ0v) is 11.1. The first kappa shape index (κ1) is 12.0. The average molecular weight is 232 g/mol. The first-order valence-electron chi connectivity index (χ1n) is 6.13. The van der Waals surface area contributed by atoms with Gasteiger partial charge in [0.05, 0.1) is 5.69 Å². The van der Waals surface area contributed by atoms with Crippen LogP contribution >= 0.6 is 0 Å². The molecule has 2 heterocycles. The standard InChI is InChI=1S/C13H20N4/c1-10-11(8-14)12(16(4)15-10)17-7-5-6-13(2,3)9-17/h5-7,9H2,1-4H3. The molecule has 4 nitrogen and oxygen atoms in total. The summed E-state index contributed by atoms with van der Waals surface area (Å²) in [6.45, 7) is 8.50. The van der Waals surface area contributed by atoms with Crippen LogP contribution in [0.15, 0.2) is 0 Å². The summed E-state index contributed by atoms with van der Waals surface area (Å²) in [6.07, 6.45) is 2.43. The van der Waals surface area contributed by atoms with E-state index in [1.807, 2.05) is 18.7 Å². The Morgan fingerprint density at radius 3 is 2.71 bits per heavy atom. The van der Waals surface area contributed by atoms with Gasteiger partial charge in [0.25, 0.3) is 0 Å². The Morgan fingerprint density at radius 2 is 2.12 bits per heavy atom. The minimum atomic E-state index is 0.323. The van der Waals surface area contributed by atoms with Gasteiger partial charge in [-0.15, -0.1) is 0 Å². The van der Waals surface area contributed by atoms with E-state index in [2.05, 4.69) is 29.9 Å². The van der Waals surface area contributed by atoms with Crippen molar-refractivity contribution in [3.8, 4) is 6.07 Å². The summed E-state index contributed by atoms with van der Waals surface area (Å²) in [7, 11) is 1.92. The maximum atomic E-state index is 9.24.